The van der Waals surface area contributed by atoms with Crippen molar-refractivity contribution in [2.24, 2.45) is 0 Å². The number of hydrogen-bond donors (Lipinski definition) is 4. The smallest absolute Gasteiger partial charge is 0.220 e. The molecular weight excluding hydrogens is 763 g/mol. The summed E-state index contributed by atoms with van der Waals surface area (Å²) in [6.45, 7) is 4.22. The zero-order valence-corrected chi connectivity index (χ0v) is 42.3. The Kier molecular flexibility index (Phi) is 51.9. The van der Waals surface area contributed by atoms with Gasteiger partial charge < -0.3 is 20.6 Å². The van der Waals surface area contributed by atoms with Gasteiger partial charge in [-0.2, -0.15) is 0 Å². The van der Waals surface area contributed by atoms with Crippen molar-refractivity contribution in [2.75, 3.05) is 6.61 Å². The minimum Gasteiger partial charge on any atom is -0.394 e. The molecule has 0 rings (SSSR count). The molecule has 1 amide bonds. The van der Waals surface area contributed by atoms with Crippen molar-refractivity contribution in [3.8, 4) is 0 Å². The molecule has 0 aromatic rings. The molecule has 0 fully saturated rings. The van der Waals surface area contributed by atoms with Gasteiger partial charge in [-0.25, -0.2) is 0 Å². The van der Waals surface area contributed by atoms with Crippen LogP contribution in [0.2, 0.25) is 0 Å². The summed E-state index contributed by atoms with van der Waals surface area (Å²) >= 11 is 0. The third kappa shape index (κ3) is 47.1. The summed E-state index contributed by atoms with van der Waals surface area (Å²) < 4.78 is 0. The van der Waals surface area contributed by atoms with Gasteiger partial charge in [0, 0.05) is 6.42 Å². The molecule has 0 aliphatic heterocycles. The highest BCUT2D eigenvalue weighted by Crippen LogP contribution is 2.18. The molecule has 0 aliphatic carbocycles. The number of carbonyl (C=O) groups is 1. The molecule has 0 heterocycles. The van der Waals surface area contributed by atoms with Gasteiger partial charge in [0.25, 0.3) is 0 Å². The highest BCUT2D eigenvalue weighted by Gasteiger charge is 2.26. The van der Waals surface area contributed by atoms with Crippen LogP contribution in [-0.4, -0.2) is 46.1 Å². The summed E-state index contributed by atoms with van der Waals surface area (Å²) in [5.41, 5.74) is 0. The lowest BCUT2D eigenvalue weighted by molar-refractivity contribution is -0.124. The van der Waals surface area contributed by atoms with Crippen LogP contribution >= 0.6 is 0 Å². The Morgan fingerprint density at radius 2 is 0.645 bits per heavy atom. The normalized spacial score (nSPS) is 13.3. The topological polar surface area (TPSA) is 89.8 Å². The summed E-state index contributed by atoms with van der Waals surface area (Å²) in [7, 11) is 0. The number of aliphatic hydroxyl groups is 3. The average molecular weight is 877 g/mol. The Bertz CT molecular complexity index is 879. The first-order valence-electron chi connectivity index (χ1n) is 28.5. The number of carbonyl (C=O) groups excluding carboxylic acids is 1. The molecule has 4 N–H and O–H groups in total. The molecule has 0 aromatic heterocycles. The lowest BCUT2D eigenvalue weighted by Crippen LogP contribution is -2.50. The van der Waals surface area contributed by atoms with E-state index in [1.165, 1.54) is 263 Å². The van der Waals surface area contributed by atoms with Gasteiger partial charge in [-0.3, -0.25) is 4.79 Å². The average Bonchev–Trinajstić information content (AvgIpc) is 3.28. The standard InChI is InChI=1S/C57H113NO4/c1-3-5-7-9-11-13-15-17-19-21-23-25-26-27-28-29-30-31-32-34-36-38-40-42-44-46-48-50-52-56(61)58-54(53-59)57(62)55(60)51-49-47-45-43-41-39-37-35-33-24-22-20-18-16-14-12-10-8-6-4-2/h27-28,54-55,57,59-60,62H,3-26,29-53H2,1-2H3,(H,58,61)/b28-27-. The van der Waals surface area contributed by atoms with Gasteiger partial charge in [-0.05, 0) is 38.5 Å². The summed E-state index contributed by atoms with van der Waals surface area (Å²) in [6, 6.07) is -0.807. The monoisotopic (exact) mass is 876 g/mol. The van der Waals surface area contributed by atoms with Crippen molar-refractivity contribution in [3.05, 3.63) is 12.2 Å². The molecule has 0 aliphatic rings. The van der Waals surface area contributed by atoms with Gasteiger partial charge in [0.2, 0.25) is 5.91 Å². The van der Waals surface area contributed by atoms with Gasteiger partial charge in [-0.15, -0.1) is 0 Å². The molecule has 3 unspecified atom stereocenters. The molecule has 5 nitrogen and oxygen atoms in total. The lowest BCUT2D eigenvalue weighted by atomic mass is 9.99. The van der Waals surface area contributed by atoms with Crippen molar-refractivity contribution in [3.63, 3.8) is 0 Å². The number of nitrogens with one attached hydrogen (secondary N) is 1. The Morgan fingerprint density at radius 1 is 0.387 bits per heavy atom. The molecule has 370 valence electrons. The lowest BCUT2D eigenvalue weighted by Gasteiger charge is -2.26. The van der Waals surface area contributed by atoms with E-state index in [0.717, 1.165) is 32.1 Å². The summed E-state index contributed by atoms with van der Waals surface area (Å²) in [4.78, 5) is 12.5. The van der Waals surface area contributed by atoms with Gasteiger partial charge in [-0.1, -0.05) is 289 Å². The van der Waals surface area contributed by atoms with Crippen LogP contribution in [0.25, 0.3) is 0 Å². The molecule has 0 bridgehead atoms. The second kappa shape index (κ2) is 52.7. The Morgan fingerprint density at radius 3 is 0.935 bits per heavy atom. The summed E-state index contributed by atoms with van der Waals surface area (Å²) in [6.07, 6.45) is 65.1. The van der Waals surface area contributed by atoms with E-state index < -0.39 is 18.2 Å². The zero-order chi connectivity index (χ0) is 45.1. The minimum atomic E-state index is -1.13. The van der Waals surface area contributed by atoms with Crippen molar-refractivity contribution in [1.82, 2.24) is 5.32 Å². The van der Waals surface area contributed by atoms with E-state index in [-0.39, 0.29) is 12.5 Å². The SMILES string of the molecule is CCCCCCCCCCCCCC/C=C\CCCCCCCCCCCCCCC(=O)NC(CO)C(O)C(O)CCCCCCCCCCCCCCCCCCCCCC. The predicted molar refractivity (Wildman–Crippen MR) is 273 cm³/mol. The third-order valence-electron chi connectivity index (χ3n) is 13.6. The van der Waals surface area contributed by atoms with E-state index in [1.54, 1.807) is 0 Å². The maximum Gasteiger partial charge on any atom is 0.220 e. The molecule has 3 atom stereocenters. The first-order valence-corrected chi connectivity index (χ1v) is 28.5. The van der Waals surface area contributed by atoms with Crippen LogP contribution in [0.3, 0.4) is 0 Å². The molecule has 0 spiro atoms. The largest absolute Gasteiger partial charge is 0.394 e. The number of aliphatic hydroxyl groups excluding tert-OH is 3. The van der Waals surface area contributed by atoms with Crippen LogP contribution in [0, 0.1) is 0 Å². The number of amides is 1. The van der Waals surface area contributed by atoms with Crippen molar-refractivity contribution in [1.29, 1.82) is 0 Å². The van der Waals surface area contributed by atoms with Gasteiger partial charge >= 0.3 is 0 Å². The van der Waals surface area contributed by atoms with E-state index in [2.05, 4.69) is 31.3 Å². The Balaban J connectivity index is 3.51. The zero-order valence-electron chi connectivity index (χ0n) is 42.3. The first kappa shape index (κ1) is 61.1. The minimum absolute atomic E-state index is 0.139. The molecule has 0 saturated carbocycles. The Labute approximate surface area is 389 Å². The molecule has 0 saturated heterocycles. The van der Waals surface area contributed by atoms with Crippen molar-refractivity contribution >= 4 is 5.91 Å². The maximum absolute atomic E-state index is 12.5. The Hall–Kier alpha value is -0.910. The maximum atomic E-state index is 12.5. The van der Waals surface area contributed by atoms with Crippen LogP contribution in [0.15, 0.2) is 12.2 Å². The van der Waals surface area contributed by atoms with Crippen LogP contribution in [0.4, 0.5) is 0 Å². The van der Waals surface area contributed by atoms with Crippen molar-refractivity contribution < 1.29 is 20.1 Å². The summed E-state index contributed by atoms with van der Waals surface area (Å²) in [5.74, 6) is -0.139. The highest BCUT2D eigenvalue weighted by atomic mass is 16.3. The number of unbranched alkanes of at least 4 members (excludes halogenated alkanes) is 43. The fraction of sp³-hybridized carbons (Fsp3) is 0.947. The van der Waals surface area contributed by atoms with Gasteiger partial charge in [0.1, 0.15) is 6.10 Å². The highest BCUT2D eigenvalue weighted by molar-refractivity contribution is 5.76. The van der Waals surface area contributed by atoms with E-state index >= 15 is 0 Å². The van der Waals surface area contributed by atoms with E-state index in [0.29, 0.717) is 12.8 Å². The van der Waals surface area contributed by atoms with E-state index in [9.17, 15) is 20.1 Å². The molecular formula is C57H113NO4. The molecule has 0 aromatic carbocycles. The van der Waals surface area contributed by atoms with Gasteiger partial charge in [0.05, 0.1) is 18.8 Å². The number of hydrogen-bond acceptors (Lipinski definition) is 4. The second-order valence-electron chi connectivity index (χ2n) is 19.9. The predicted octanol–water partition coefficient (Wildman–Crippen LogP) is 17.5. The summed E-state index contributed by atoms with van der Waals surface area (Å²) in [5, 5.41) is 33.8. The molecule has 0 radical (unpaired) electrons. The fourth-order valence-corrected chi connectivity index (χ4v) is 9.22. The van der Waals surface area contributed by atoms with Gasteiger partial charge in [0.15, 0.2) is 0 Å². The number of allylic oxidation sites excluding steroid dienone is 2. The van der Waals surface area contributed by atoms with E-state index in [1.807, 2.05) is 0 Å². The second-order valence-corrected chi connectivity index (χ2v) is 19.9. The van der Waals surface area contributed by atoms with Crippen LogP contribution < -0.4 is 5.32 Å². The van der Waals surface area contributed by atoms with Crippen molar-refractivity contribution in [2.45, 2.75) is 340 Å². The first-order chi connectivity index (χ1) is 30.6. The van der Waals surface area contributed by atoms with Crippen LogP contribution in [0.5, 0.6) is 0 Å². The fourth-order valence-electron chi connectivity index (χ4n) is 9.22. The molecule has 5 heteroatoms. The van der Waals surface area contributed by atoms with Crippen LogP contribution in [-0.2, 0) is 4.79 Å². The third-order valence-corrected chi connectivity index (χ3v) is 13.6. The van der Waals surface area contributed by atoms with E-state index in [4.69, 9.17) is 0 Å². The quantitative estimate of drug-likeness (QED) is 0.0362. The van der Waals surface area contributed by atoms with Crippen LogP contribution in [0.1, 0.15) is 322 Å². The molecule has 62 heavy (non-hydrogen) atoms. The number of rotatable bonds is 53.